The lowest BCUT2D eigenvalue weighted by molar-refractivity contribution is -0.116. The summed E-state index contributed by atoms with van der Waals surface area (Å²) in [4.78, 5) is 32.9. The summed E-state index contributed by atoms with van der Waals surface area (Å²) >= 11 is 1.51. The van der Waals surface area contributed by atoms with E-state index in [1.54, 1.807) is 18.2 Å². The number of amides is 1. The van der Waals surface area contributed by atoms with Gasteiger partial charge in [-0.05, 0) is 43.4 Å². The molecular formula is C20H18N4O2S. The molecule has 1 aliphatic rings. The number of aromatic nitrogens is 2. The Kier molecular flexibility index (Phi) is 4.73. The van der Waals surface area contributed by atoms with Gasteiger partial charge in [0.2, 0.25) is 5.91 Å². The van der Waals surface area contributed by atoms with Crippen molar-refractivity contribution in [2.24, 2.45) is 0 Å². The Labute approximate surface area is 159 Å². The van der Waals surface area contributed by atoms with E-state index in [1.165, 1.54) is 16.2 Å². The molecule has 1 amide bonds. The van der Waals surface area contributed by atoms with Crippen molar-refractivity contribution in [2.75, 3.05) is 5.32 Å². The van der Waals surface area contributed by atoms with Crippen LogP contribution in [0.4, 0.5) is 5.00 Å². The first-order valence-corrected chi connectivity index (χ1v) is 9.80. The number of carbonyl (C=O) groups excluding carboxylic acids is 1. The van der Waals surface area contributed by atoms with Crippen LogP contribution in [0.1, 0.15) is 41.1 Å². The van der Waals surface area contributed by atoms with Crippen molar-refractivity contribution in [3.8, 4) is 6.07 Å². The Morgan fingerprint density at radius 2 is 2.11 bits per heavy atom. The zero-order chi connectivity index (χ0) is 18.8. The lowest BCUT2D eigenvalue weighted by atomic mass is 9.96. The topological polar surface area (TPSA) is 98.6 Å². The molecule has 1 aromatic carbocycles. The smallest absolute Gasteiger partial charge is 0.258 e. The number of aromatic amines is 1. The Morgan fingerprint density at radius 1 is 1.30 bits per heavy atom. The molecule has 0 unspecified atom stereocenters. The minimum Gasteiger partial charge on any atom is -0.317 e. The molecule has 0 bridgehead atoms. The molecule has 0 aliphatic heterocycles. The number of nitriles is 1. The predicted molar refractivity (Wildman–Crippen MR) is 105 cm³/mol. The van der Waals surface area contributed by atoms with Crippen molar-refractivity contribution >= 4 is 33.1 Å². The second-order valence-corrected chi connectivity index (χ2v) is 7.71. The normalized spacial score (nSPS) is 13.1. The lowest BCUT2D eigenvalue weighted by Crippen LogP contribution is -2.16. The second kappa shape index (κ2) is 7.33. The molecule has 27 heavy (non-hydrogen) atoms. The molecule has 0 saturated carbocycles. The Hall–Kier alpha value is -2.98. The number of nitrogens with zero attached hydrogens (tertiary/aromatic N) is 2. The summed E-state index contributed by atoms with van der Waals surface area (Å²) in [5, 5.41) is 13.5. The highest BCUT2D eigenvalue weighted by atomic mass is 32.1. The van der Waals surface area contributed by atoms with E-state index in [1.807, 2.05) is 6.07 Å². The van der Waals surface area contributed by atoms with Gasteiger partial charge in [0.15, 0.2) is 0 Å². The van der Waals surface area contributed by atoms with Gasteiger partial charge in [0.25, 0.3) is 5.56 Å². The fourth-order valence-corrected chi connectivity index (χ4v) is 4.70. The van der Waals surface area contributed by atoms with Gasteiger partial charge in [-0.15, -0.1) is 11.3 Å². The quantitative estimate of drug-likeness (QED) is 0.727. The van der Waals surface area contributed by atoms with E-state index in [2.05, 4.69) is 21.4 Å². The molecule has 0 atom stereocenters. The van der Waals surface area contributed by atoms with Gasteiger partial charge in [-0.3, -0.25) is 9.59 Å². The van der Waals surface area contributed by atoms with Crippen molar-refractivity contribution in [1.82, 2.24) is 9.97 Å². The summed E-state index contributed by atoms with van der Waals surface area (Å²) in [6.45, 7) is 0. The van der Waals surface area contributed by atoms with Crippen LogP contribution in [0.15, 0.2) is 29.1 Å². The molecule has 0 saturated heterocycles. The summed E-state index contributed by atoms with van der Waals surface area (Å²) in [6.07, 6.45) is 4.63. The molecule has 2 heterocycles. The minimum atomic E-state index is -0.200. The maximum Gasteiger partial charge on any atom is 0.258 e. The molecule has 136 valence electrons. The number of H-pyrrole nitrogens is 1. The average molecular weight is 378 g/mol. The number of rotatable bonds is 4. The summed E-state index contributed by atoms with van der Waals surface area (Å²) in [5.74, 6) is 0.306. The van der Waals surface area contributed by atoms with Gasteiger partial charge in [-0.25, -0.2) is 4.98 Å². The first-order chi connectivity index (χ1) is 13.2. The van der Waals surface area contributed by atoms with Crippen molar-refractivity contribution in [2.45, 2.75) is 38.5 Å². The van der Waals surface area contributed by atoms with Crippen LogP contribution in [0.5, 0.6) is 0 Å². The van der Waals surface area contributed by atoms with Crippen LogP contribution in [-0.2, 0) is 24.1 Å². The summed E-state index contributed by atoms with van der Waals surface area (Å²) in [7, 11) is 0. The molecule has 3 aromatic rings. The SMILES string of the molecule is N#Cc1c(NC(=O)CCc2nc3ccccc3c(=O)[nH]2)sc2c1CCCC2. The van der Waals surface area contributed by atoms with Crippen molar-refractivity contribution < 1.29 is 4.79 Å². The largest absolute Gasteiger partial charge is 0.317 e. The maximum atomic E-state index is 12.4. The van der Waals surface area contributed by atoms with Crippen LogP contribution in [0.3, 0.4) is 0 Å². The molecule has 0 fully saturated rings. The molecule has 0 spiro atoms. The van der Waals surface area contributed by atoms with Crippen LogP contribution < -0.4 is 10.9 Å². The number of aryl methyl sites for hydroxylation is 2. The zero-order valence-corrected chi connectivity index (χ0v) is 15.5. The number of nitrogens with one attached hydrogen (secondary N) is 2. The molecule has 2 aromatic heterocycles. The number of fused-ring (bicyclic) bond motifs is 2. The summed E-state index contributed by atoms with van der Waals surface area (Å²) < 4.78 is 0. The monoisotopic (exact) mass is 378 g/mol. The number of thiophene rings is 1. The van der Waals surface area contributed by atoms with Crippen LogP contribution in [-0.4, -0.2) is 15.9 Å². The van der Waals surface area contributed by atoms with Crippen molar-refractivity contribution in [1.29, 1.82) is 5.26 Å². The lowest BCUT2D eigenvalue weighted by Gasteiger charge is -2.09. The summed E-state index contributed by atoms with van der Waals surface area (Å²) in [5.41, 5.74) is 2.13. The first-order valence-electron chi connectivity index (χ1n) is 8.98. The third-order valence-corrected chi connectivity index (χ3v) is 5.99. The van der Waals surface area contributed by atoms with Crippen LogP contribution in [0.25, 0.3) is 10.9 Å². The van der Waals surface area contributed by atoms with Crippen molar-refractivity contribution in [3.05, 3.63) is 56.4 Å². The predicted octanol–water partition coefficient (Wildman–Crippen LogP) is 3.31. The number of anilines is 1. The van der Waals surface area contributed by atoms with E-state index in [4.69, 9.17) is 0 Å². The van der Waals surface area contributed by atoms with E-state index in [0.717, 1.165) is 31.2 Å². The Bertz CT molecular complexity index is 1120. The van der Waals surface area contributed by atoms with Crippen LogP contribution in [0.2, 0.25) is 0 Å². The highest BCUT2D eigenvalue weighted by Crippen LogP contribution is 2.37. The summed E-state index contributed by atoms with van der Waals surface area (Å²) in [6, 6.07) is 9.37. The maximum absolute atomic E-state index is 12.4. The van der Waals surface area contributed by atoms with E-state index in [-0.39, 0.29) is 17.9 Å². The highest BCUT2D eigenvalue weighted by Gasteiger charge is 2.21. The molecule has 6 nitrogen and oxygen atoms in total. The number of para-hydroxylation sites is 1. The van der Waals surface area contributed by atoms with Gasteiger partial charge < -0.3 is 10.3 Å². The fourth-order valence-electron chi connectivity index (χ4n) is 3.45. The van der Waals surface area contributed by atoms with Crippen LogP contribution in [0, 0.1) is 11.3 Å². The van der Waals surface area contributed by atoms with E-state index in [9.17, 15) is 14.9 Å². The van der Waals surface area contributed by atoms with Crippen LogP contribution >= 0.6 is 11.3 Å². The molecule has 4 rings (SSSR count). The Balaban J connectivity index is 1.47. The molecule has 2 N–H and O–H groups in total. The Morgan fingerprint density at radius 3 is 2.96 bits per heavy atom. The average Bonchev–Trinajstić information content (AvgIpc) is 3.03. The van der Waals surface area contributed by atoms with Gasteiger partial charge in [-0.1, -0.05) is 12.1 Å². The van der Waals surface area contributed by atoms with E-state index < -0.39 is 0 Å². The van der Waals surface area contributed by atoms with Gasteiger partial charge >= 0.3 is 0 Å². The first kappa shape index (κ1) is 17.4. The molecular weight excluding hydrogens is 360 g/mol. The van der Waals surface area contributed by atoms with Gasteiger partial charge in [0.1, 0.15) is 16.9 Å². The second-order valence-electron chi connectivity index (χ2n) is 6.60. The van der Waals surface area contributed by atoms with Gasteiger partial charge in [-0.2, -0.15) is 5.26 Å². The third-order valence-electron chi connectivity index (χ3n) is 4.79. The number of benzene rings is 1. The van der Waals surface area contributed by atoms with Gasteiger partial charge in [0.05, 0.1) is 16.5 Å². The van der Waals surface area contributed by atoms with Gasteiger partial charge in [0, 0.05) is 17.7 Å². The number of hydrogen-bond donors (Lipinski definition) is 2. The zero-order valence-electron chi connectivity index (χ0n) is 14.7. The fraction of sp³-hybridized carbons (Fsp3) is 0.300. The molecule has 0 radical (unpaired) electrons. The van der Waals surface area contributed by atoms with Crippen molar-refractivity contribution in [3.63, 3.8) is 0 Å². The number of carbonyl (C=O) groups is 1. The number of hydrogen-bond acceptors (Lipinski definition) is 5. The highest BCUT2D eigenvalue weighted by molar-refractivity contribution is 7.16. The standard InChI is InChI=1S/C20H18N4O2S/c21-11-14-12-5-2-4-8-16(12)27-20(14)24-18(25)10-9-17-22-15-7-3-1-6-13(15)19(26)23-17/h1,3,6-7H,2,4-5,8-10H2,(H,24,25)(H,22,23,26). The third kappa shape index (κ3) is 3.49. The molecule has 1 aliphatic carbocycles. The van der Waals surface area contributed by atoms with E-state index >= 15 is 0 Å². The minimum absolute atomic E-state index is 0.180. The molecule has 7 heteroatoms. The van der Waals surface area contributed by atoms with E-state index in [0.29, 0.717) is 33.7 Å².